The average molecular weight is 280 g/mol. The van der Waals surface area contributed by atoms with Gasteiger partial charge in [-0.2, -0.15) is 0 Å². The summed E-state index contributed by atoms with van der Waals surface area (Å²) in [6, 6.07) is 14.9. The minimum atomic E-state index is -0.733. The number of hydrogen-bond acceptors (Lipinski definition) is 4. The van der Waals surface area contributed by atoms with Crippen LogP contribution in [-0.4, -0.2) is 5.11 Å². The molecule has 1 aliphatic rings. The fraction of sp³-hybridized carbons (Fsp3) is 0.118. The largest absolute Gasteiger partial charge is 0.502 e. The van der Waals surface area contributed by atoms with Crippen molar-refractivity contribution < 1.29 is 14.3 Å². The Balaban J connectivity index is 1.92. The van der Waals surface area contributed by atoms with Crippen LogP contribution in [0.5, 0.6) is 11.5 Å². The predicted octanol–water partition coefficient (Wildman–Crippen LogP) is 3.17. The highest BCUT2D eigenvalue weighted by Gasteiger charge is 2.29. The van der Waals surface area contributed by atoms with Crippen LogP contribution in [0.1, 0.15) is 17.2 Å². The number of para-hydroxylation sites is 2. The Morgan fingerprint density at radius 1 is 1.05 bits per heavy atom. The smallest absolute Gasteiger partial charge is 0.379 e. The van der Waals surface area contributed by atoms with E-state index in [4.69, 9.17) is 9.15 Å². The molecule has 0 fully saturated rings. The lowest BCUT2D eigenvalue weighted by Gasteiger charge is -2.14. The van der Waals surface area contributed by atoms with Crippen LogP contribution in [0.25, 0.3) is 11.0 Å². The Morgan fingerprint density at radius 3 is 2.67 bits per heavy atom. The number of aromatic hydroxyl groups is 1. The molecule has 4 heteroatoms. The van der Waals surface area contributed by atoms with E-state index in [9.17, 15) is 9.90 Å². The van der Waals surface area contributed by atoms with Gasteiger partial charge in [0.15, 0.2) is 0 Å². The molecule has 2 aromatic carbocycles. The van der Waals surface area contributed by atoms with Gasteiger partial charge in [-0.15, -0.1) is 0 Å². The zero-order chi connectivity index (χ0) is 14.4. The van der Waals surface area contributed by atoms with Crippen molar-refractivity contribution in [1.82, 2.24) is 0 Å². The second kappa shape index (κ2) is 4.38. The number of benzene rings is 2. The molecule has 0 saturated carbocycles. The molecule has 0 bridgehead atoms. The summed E-state index contributed by atoms with van der Waals surface area (Å²) in [7, 11) is 0. The fourth-order valence-electron chi connectivity index (χ4n) is 2.83. The van der Waals surface area contributed by atoms with Crippen molar-refractivity contribution in [2.75, 3.05) is 0 Å². The van der Waals surface area contributed by atoms with Crippen molar-refractivity contribution in [3.63, 3.8) is 0 Å². The van der Waals surface area contributed by atoms with Crippen LogP contribution in [0, 0.1) is 0 Å². The third-order valence-corrected chi connectivity index (χ3v) is 3.80. The first kappa shape index (κ1) is 12.0. The van der Waals surface area contributed by atoms with Gasteiger partial charge in [0.2, 0.25) is 5.75 Å². The molecular formula is C17H12O4. The molecule has 0 amide bonds. The third kappa shape index (κ3) is 1.80. The zero-order valence-corrected chi connectivity index (χ0v) is 11.1. The molecule has 1 aliphatic heterocycles. The van der Waals surface area contributed by atoms with E-state index in [1.807, 2.05) is 36.4 Å². The maximum Gasteiger partial charge on any atom is 0.379 e. The van der Waals surface area contributed by atoms with Crippen LogP contribution >= 0.6 is 0 Å². The van der Waals surface area contributed by atoms with Gasteiger partial charge in [-0.05, 0) is 17.7 Å². The molecule has 4 rings (SSSR count). The molecule has 2 heterocycles. The topological polar surface area (TPSA) is 59.7 Å². The zero-order valence-electron chi connectivity index (χ0n) is 11.1. The Morgan fingerprint density at radius 2 is 1.81 bits per heavy atom. The van der Waals surface area contributed by atoms with E-state index in [-0.39, 0.29) is 11.9 Å². The van der Waals surface area contributed by atoms with Crippen LogP contribution in [0.15, 0.2) is 57.7 Å². The first-order valence-corrected chi connectivity index (χ1v) is 6.73. The minimum absolute atomic E-state index is 0.369. The number of ether oxygens (including phenoxy) is 1. The summed E-state index contributed by atoms with van der Waals surface area (Å²) in [5.74, 6) is 0.422. The van der Waals surface area contributed by atoms with Gasteiger partial charge < -0.3 is 14.3 Å². The minimum Gasteiger partial charge on any atom is -0.502 e. The second-order valence-corrected chi connectivity index (χ2v) is 5.07. The van der Waals surface area contributed by atoms with Crippen molar-refractivity contribution in [2.45, 2.75) is 12.5 Å². The molecule has 1 unspecified atom stereocenters. The molecule has 4 nitrogen and oxygen atoms in total. The lowest BCUT2D eigenvalue weighted by molar-refractivity contribution is 0.233. The molecule has 1 aromatic heterocycles. The molecule has 21 heavy (non-hydrogen) atoms. The molecule has 0 aliphatic carbocycles. The quantitative estimate of drug-likeness (QED) is 0.695. The van der Waals surface area contributed by atoms with E-state index < -0.39 is 5.63 Å². The Kier molecular flexibility index (Phi) is 2.51. The first-order valence-electron chi connectivity index (χ1n) is 6.73. The normalized spacial score (nSPS) is 16.7. The first-order chi connectivity index (χ1) is 10.2. The fourth-order valence-corrected chi connectivity index (χ4v) is 2.83. The highest BCUT2D eigenvalue weighted by molar-refractivity contribution is 5.82. The molecule has 0 radical (unpaired) electrons. The summed E-state index contributed by atoms with van der Waals surface area (Å²) >= 11 is 0. The van der Waals surface area contributed by atoms with Gasteiger partial charge in [-0.3, -0.25) is 0 Å². The van der Waals surface area contributed by atoms with E-state index in [1.165, 1.54) is 0 Å². The van der Waals surface area contributed by atoms with Gasteiger partial charge >= 0.3 is 5.63 Å². The summed E-state index contributed by atoms with van der Waals surface area (Å²) in [4.78, 5) is 11.8. The van der Waals surface area contributed by atoms with E-state index in [1.54, 1.807) is 12.1 Å². The van der Waals surface area contributed by atoms with Crippen molar-refractivity contribution in [1.29, 1.82) is 0 Å². The molecule has 1 atom stereocenters. The van der Waals surface area contributed by atoms with Gasteiger partial charge in [0.1, 0.15) is 17.4 Å². The maximum atomic E-state index is 11.8. The van der Waals surface area contributed by atoms with Gasteiger partial charge in [0.25, 0.3) is 0 Å². The highest BCUT2D eigenvalue weighted by atomic mass is 16.5. The van der Waals surface area contributed by atoms with Gasteiger partial charge in [-0.1, -0.05) is 36.4 Å². The van der Waals surface area contributed by atoms with Crippen molar-refractivity contribution >= 4 is 11.0 Å². The summed E-state index contributed by atoms with van der Waals surface area (Å²) in [6.07, 6.45) is 0.244. The van der Waals surface area contributed by atoms with Crippen LogP contribution in [-0.2, 0) is 6.42 Å². The summed E-state index contributed by atoms with van der Waals surface area (Å²) in [6.45, 7) is 0. The molecule has 0 spiro atoms. The average Bonchev–Trinajstić information content (AvgIpc) is 2.92. The summed E-state index contributed by atoms with van der Waals surface area (Å²) < 4.78 is 11.0. The van der Waals surface area contributed by atoms with Crippen molar-refractivity contribution in [2.24, 2.45) is 0 Å². The SMILES string of the molecule is O=c1oc2ccccc2c(C2Cc3ccccc3O2)c1O. The Hall–Kier alpha value is -2.75. The van der Waals surface area contributed by atoms with Crippen molar-refractivity contribution in [3.8, 4) is 11.5 Å². The van der Waals surface area contributed by atoms with E-state index in [0.29, 0.717) is 23.0 Å². The Bertz CT molecular complexity index is 870. The molecule has 3 aromatic rings. The van der Waals surface area contributed by atoms with Crippen LogP contribution < -0.4 is 10.4 Å². The predicted molar refractivity (Wildman–Crippen MR) is 77.7 cm³/mol. The number of rotatable bonds is 1. The lowest BCUT2D eigenvalue weighted by atomic mass is 10.00. The van der Waals surface area contributed by atoms with E-state index in [0.717, 1.165) is 11.3 Å². The monoisotopic (exact) mass is 280 g/mol. The lowest BCUT2D eigenvalue weighted by Crippen LogP contribution is -2.10. The summed E-state index contributed by atoms with van der Waals surface area (Å²) in [5, 5.41) is 10.9. The number of hydrogen-bond donors (Lipinski definition) is 1. The highest BCUT2D eigenvalue weighted by Crippen LogP contribution is 2.41. The van der Waals surface area contributed by atoms with Crippen molar-refractivity contribution in [3.05, 3.63) is 70.1 Å². The van der Waals surface area contributed by atoms with E-state index in [2.05, 4.69) is 0 Å². The Labute approximate surface area is 120 Å². The molecule has 0 saturated heterocycles. The number of fused-ring (bicyclic) bond motifs is 2. The van der Waals surface area contributed by atoms with Gasteiger partial charge in [0, 0.05) is 11.8 Å². The molecule has 1 N–H and O–H groups in total. The maximum absolute atomic E-state index is 11.8. The summed E-state index contributed by atoms with van der Waals surface area (Å²) in [5.41, 5.74) is 1.29. The third-order valence-electron chi connectivity index (χ3n) is 3.80. The standard InChI is InChI=1S/C17H12O4/c18-16-15(11-6-2-4-8-13(11)21-17(16)19)14-9-10-5-1-3-7-12(10)20-14/h1-8,14,18H,9H2. The molecular weight excluding hydrogens is 268 g/mol. The second-order valence-electron chi connectivity index (χ2n) is 5.07. The van der Waals surface area contributed by atoms with Crippen LogP contribution in [0.4, 0.5) is 0 Å². The van der Waals surface area contributed by atoms with E-state index >= 15 is 0 Å². The van der Waals surface area contributed by atoms with Crippen LogP contribution in [0.3, 0.4) is 0 Å². The van der Waals surface area contributed by atoms with Crippen LogP contribution in [0.2, 0.25) is 0 Å². The van der Waals surface area contributed by atoms with Gasteiger partial charge in [0.05, 0.1) is 5.56 Å². The molecule has 104 valence electrons. The van der Waals surface area contributed by atoms with Gasteiger partial charge in [-0.25, -0.2) is 4.79 Å².